The first-order valence-corrected chi connectivity index (χ1v) is 7.78. The Morgan fingerprint density at radius 2 is 2.00 bits per heavy atom. The average molecular weight is 284 g/mol. The van der Waals surface area contributed by atoms with Gasteiger partial charge in [0.15, 0.2) is 0 Å². The van der Waals surface area contributed by atoms with Crippen LogP contribution in [0.2, 0.25) is 5.28 Å². The number of nitrogens with one attached hydrogen (secondary N) is 1. The molecule has 0 spiro atoms. The Balaban J connectivity index is 2.71. The maximum absolute atomic E-state index is 11.6. The fourth-order valence-electron chi connectivity index (χ4n) is 0.842. The summed E-state index contributed by atoms with van der Waals surface area (Å²) in [4.78, 5) is 7.06. The molecule has 0 bridgehead atoms. The number of aromatic nitrogens is 2. The third-order valence-electron chi connectivity index (χ3n) is 1.59. The average Bonchev–Trinajstić information content (AvgIpc) is 2.17. The van der Waals surface area contributed by atoms with E-state index in [1.165, 1.54) is 6.26 Å². The molecule has 0 aliphatic carbocycles. The number of hydrogen-bond acceptors (Lipinski definition) is 5. The third kappa shape index (κ3) is 4.12. The van der Waals surface area contributed by atoms with Crippen LogP contribution in [0.1, 0.15) is 0 Å². The van der Waals surface area contributed by atoms with Crippen LogP contribution < -0.4 is 4.72 Å². The van der Waals surface area contributed by atoms with Crippen LogP contribution in [0, 0.1) is 0 Å². The van der Waals surface area contributed by atoms with Crippen molar-refractivity contribution in [2.45, 2.75) is 4.90 Å². The lowest BCUT2D eigenvalue weighted by atomic mass is 10.7. The van der Waals surface area contributed by atoms with E-state index in [2.05, 4.69) is 14.7 Å². The van der Waals surface area contributed by atoms with Crippen molar-refractivity contribution in [3.63, 3.8) is 0 Å². The summed E-state index contributed by atoms with van der Waals surface area (Å²) in [7, 11) is -4.68. The molecular formula is C7H10ClN3O3S2. The summed E-state index contributed by atoms with van der Waals surface area (Å²) in [6.07, 6.45) is 3.72. The van der Waals surface area contributed by atoms with E-state index in [0.717, 1.165) is 12.4 Å². The highest BCUT2D eigenvalue weighted by Crippen LogP contribution is 2.06. The number of nitrogens with zero attached hydrogens (tertiary/aromatic N) is 2. The molecule has 9 heteroatoms. The van der Waals surface area contributed by atoms with Gasteiger partial charge < -0.3 is 0 Å². The lowest BCUT2D eigenvalue weighted by Crippen LogP contribution is -2.27. The van der Waals surface area contributed by atoms with Crippen molar-refractivity contribution >= 4 is 32.4 Å². The Kier molecular flexibility index (Phi) is 4.78. The molecule has 0 saturated carbocycles. The van der Waals surface area contributed by atoms with Gasteiger partial charge in [-0.05, 0) is 11.6 Å². The highest BCUT2D eigenvalue weighted by molar-refractivity contribution is 7.89. The Morgan fingerprint density at radius 1 is 1.44 bits per heavy atom. The molecule has 1 aromatic heterocycles. The largest absolute Gasteiger partial charge is 0.260 e. The van der Waals surface area contributed by atoms with Gasteiger partial charge in [0, 0.05) is 29.4 Å². The fraction of sp³-hybridized carbons (Fsp3) is 0.429. The highest BCUT2D eigenvalue weighted by atomic mass is 35.5. The van der Waals surface area contributed by atoms with E-state index in [0.29, 0.717) is 0 Å². The van der Waals surface area contributed by atoms with Crippen LogP contribution in [0.15, 0.2) is 17.3 Å². The number of hydrogen-bond donors (Lipinski definition) is 1. The monoisotopic (exact) mass is 283 g/mol. The molecule has 0 saturated heterocycles. The minimum Gasteiger partial charge on any atom is -0.260 e. The van der Waals surface area contributed by atoms with Gasteiger partial charge in [-0.15, -0.1) is 0 Å². The van der Waals surface area contributed by atoms with E-state index in [1.54, 1.807) is 0 Å². The summed E-state index contributed by atoms with van der Waals surface area (Å²) in [5.41, 5.74) is 0. The van der Waals surface area contributed by atoms with Gasteiger partial charge in [0.05, 0.1) is 12.4 Å². The second-order valence-corrected chi connectivity index (χ2v) is 6.52. The number of sulfonamides is 1. The molecule has 1 N–H and O–H groups in total. The van der Waals surface area contributed by atoms with E-state index >= 15 is 0 Å². The predicted molar refractivity (Wildman–Crippen MR) is 61.2 cm³/mol. The van der Waals surface area contributed by atoms with Crippen LogP contribution in [0.4, 0.5) is 0 Å². The minimum absolute atomic E-state index is 0.0198. The van der Waals surface area contributed by atoms with Gasteiger partial charge in [0.25, 0.3) is 0 Å². The van der Waals surface area contributed by atoms with Gasteiger partial charge in [-0.1, -0.05) is 0 Å². The maximum Gasteiger partial charge on any atom is 0.243 e. The predicted octanol–water partition coefficient (Wildman–Crippen LogP) is -0.213. The van der Waals surface area contributed by atoms with Crippen molar-refractivity contribution in [1.82, 2.24) is 14.7 Å². The van der Waals surface area contributed by atoms with Crippen LogP contribution in [0.5, 0.6) is 0 Å². The van der Waals surface area contributed by atoms with Gasteiger partial charge in [-0.3, -0.25) is 4.21 Å². The molecule has 0 aliphatic rings. The number of halogens is 1. The quantitative estimate of drug-likeness (QED) is 0.755. The normalized spacial score (nSPS) is 13.6. The van der Waals surface area contributed by atoms with Crippen LogP contribution in [0.3, 0.4) is 0 Å². The molecule has 0 fully saturated rings. The second-order valence-electron chi connectivity index (χ2n) is 2.86. The van der Waals surface area contributed by atoms with Gasteiger partial charge in [-0.2, -0.15) is 0 Å². The van der Waals surface area contributed by atoms with Crippen molar-refractivity contribution < 1.29 is 12.6 Å². The SMILES string of the molecule is CS(=O)CCNS(=O)(=O)c1cnc(Cl)nc1. The van der Waals surface area contributed by atoms with Crippen molar-refractivity contribution in [3.8, 4) is 0 Å². The lowest BCUT2D eigenvalue weighted by molar-refractivity contribution is 0.583. The molecule has 1 heterocycles. The molecule has 0 radical (unpaired) electrons. The zero-order chi connectivity index (χ0) is 12.2. The molecule has 1 atom stereocenters. The third-order valence-corrected chi connectivity index (χ3v) is 3.98. The topological polar surface area (TPSA) is 89.0 Å². The Morgan fingerprint density at radius 3 is 2.50 bits per heavy atom. The summed E-state index contributed by atoms with van der Waals surface area (Å²) in [5, 5.41) is -0.0198. The smallest absolute Gasteiger partial charge is 0.243 e. The highest BCUT2D eigenvalue weighted by Gasteiger charge is 2.14. The number of rotatable bonds is 5. The Labute approximate surface area is 101 Å². The molecule has 1 aromatic rings. The van der Waals surface area contributed by atoms with Crippen LogP contribution in [-0.4, -0.2) is 41.1 Å². The van der Waals surface area contributed by atoms with Gasteiger partial charge >= 0.3 is 0 Å². The van der Waals surface area contributed by atoms with Gasteiger partial charge in [-0.25, -0.2) is 23.1 Å². The van der Waals surface area contributed by atoms with Crippen molar-refractivity contribution in [2.75, 3.05) is 18.6 Å². The zero-order valence-corrected chi connectivity index (χ0v) is 10.8. The fourth-order valence-corrected chi connectivity index (χ4v) is 2.38. The Bertz CT molecular complexity index is 474. The molecule has 0 aromatic carbocycles. The molecule has 1 unspecified atom stereocenters. The lowest BCUT2D eigenvalue weighted by Gasteiger charge is -2.04. The Hall–Kier alpha value is -0.570. The summed E-state index contributed by atoms with van der Waals surface area (Å²) in [6.45, 7) is 0.105. The second kappa shape index (κ2) is 5.67. The first kappa shape index (κ1) is 13.5. The van der Waals surface area contributed by atoms with E-state index in [-0.39, 0.29) is 22.5 Å². The molecule has 6 nitrogen and oxygen atoms in total. The van der Waals surface area contributed by atoms with Gasteiger partial charge in [0.2, 0.25) is 15.3 Å². The van der Waals surface area contributed by atoms with Crippen LogP contribution in [0.25, 0.3) is 0 Å². The molecule has 90 valence electrons. The first-order chi connectivity index (χ1) is 7.42. The van der Waals surface area contributed by atoms with E-state index < -0.39 is 20.8 Å². The summed E-state index contributed by atoms with van der Waals surface area (Å²) in [6, 6.07) is 0. The molecule has 1 rings (SSSR count). The van der Waals surface area contributed by atoms with Gasteiger partial charge in [0.1, 0.15) is 4.90 Å². The van der Waals surface area contributed by atoms with Crippen molar-refractivity contribution in [1.29, 1.82) is 0 Å². The van der Waals surface area contributed by atoms with Crippen molar-refractivity contribution in [3.05, 3.63) is 17.7 Å². The molecular weight excluding hydrogens is 274 g/mol. The zero-order valence-electron chi connectivity index (χ0n) is 8.38. The summed E-state index contributed by atoms with van der Waals surface area (Å²) < 4.78 is 36.2. The first-order valence-electron chi connectivity index (χ1n) is 4.19. The standard InChI is InChI=1S/C7H10ClN3O3S2/c1-15(12)3-2-11-16(13,14)6-4-9-7(8)10-5-6/h4-5,11H,2-3H2,1H3. The van der Waals surface area contributed by atoms with Crippen LogP contribution >= 0.6 is 11.6 Å². The maximum atomic E-state index is 11.6. The summed E-state index contributed by atoms with van der Waals surface area (Å²) in [5.74, 6) is 0.258. The molecule has 0 amide bonds. The molecule has 0 aliphatic heterocycles. The van der Waals surface area contributed by atoms with Crippen LogP contribution in [-0.2, 0) is 20.8 Å². The summed E-state index contributed by atoms with van der Waals surface area (Å²) >= 11 is 5.43. The van der Waals surface area contributed by atoms with E-state index in [9.17, 15) is 12.6 Å². The van der Waals surface area contributed by atoms with E-state index in [1.807, 2.05) is 0 Å². The van der Waals surface area contributed by atoms with Crippen molar-refractivity contribution in [2.24, 2.45) is 0 Å². The molecule has 16 heavy (non-hydrogen) atoms. The van der Waals surface area contributed by atoms with E-state index in [4.69, 9.17) is 11.6 Å². The minimum atomic E-state index is -3.64.